The fourth-order valence-corrected chi connectivity index (χ4v) is 1.58. The fraction of sp³-hybridized carbons (Fsp3) is 0.273. The number of aromatic nitrogens is 2. The van der Waals surface area contributed by atoms with Gasteiger partial charge in [-0.3, -0.25) is 4.98 Å². The Hall–Kier alpha value is -1.84. The zero-order chi connectivity index (χ0) is 10.8. The number of fused-ring (bicyclic) bond motifs is 1. The molecule has 0 N–H and O–H groups in total. The minimum absolute atomic E-state index is 0.576. The zero-order valence-electron chi connectivity index (χ0n) is 8.94. The highest BCUT2D eigenvalue weighted by Crippen LogP contribution is 2.31. The molecule has 0 aliphatic heterocycles. The molecule has 2 aromatic rings. The van der Waals surface area contributed by atoms with Gasteiger partial charge >= 0.3 is 0 Å². The van der Waals surface area contributed by atoms with Crippen LogP contribution in [0.3, 0.4) is 0 Å². The van der Waals surface area contributed by atoms with Gasteiger partial charge in [0.05, 0.1) is 25.3 Å². The molecule has 2 rings (SSSR count). The summed E-state index contributed by atoms with van der Waals surface area (Å²) < 4.78 is 10.5. The maximum Gasteiger partial charge on any atom is 0.220 e. The maximum atomic E-state index is 5.32. The summed E-state index contributed by atoms with van der Waals surface area (Å²) in [6.07, 6.45) is 1.72. The molecular weight excluding hydrogens is 192 g/mol. The van der Waals surface area contributed by atoms with Crippen molar-refractivity contribution in [2.45, 2.75) is 6.92 Å². The van der Waals surface area contributed by atoms with Gasteiger partial charge in [0.15, 0.2) is 5.75 Å². The summed E-state index contributed by atoms with van der Waals surface area (Å²) in [7, 11) is 3.22. The molecule has 0 fully saturated rings. The molecule has 0 aromatic carbocycles. The van der Waals surface area contributed by atoms with E-state index in [-0.39, 0.29) is 0 Å². The van der Waals surface area contributed by atoms with Gasteiger partial charge in [0.25, 0.3) is 0 Å². The Morgan fingerprint density at radius 2 is 2.00 bits per heavy atom. The Morgan fingerprint density at radius 1 is 1.20 bits per heavy atom. The van der Waals surface area contributed by atoms with Crippen molar-refractivity contribution in [2.75, 3.05) is 14.2 Å². The Morgan fingerprint density at radius 3 is 2.67 bits per heavy atom. The number of rotatable bonds is 2. The lowest BCUT2D eigenvalue weighted by Crippen LogP contribution is -1.98. The summed E-state index contributed by atoms with van der Waals surface area (Å²) >= 11 is 0. The van der Waals surface area contributed by atoms with Crippen LogP contribution in [0.4, 0.5) is 0 Å². The molecule has 0 aliphatic carbocycles. The molecule has 2 aromatic heterocycles. The van der Waals surface area contributed by atoms with E-state index >= 15 is 0 Å². The average Bonchev–Trinajstić information content (AvgIpc) is 2.28. The highest BCUT2D eigenvalue weighted by Gasteiger charge is 2.12. The Balaban J connectivity index is 2.83. The second-order valence-electron chi connectivity index (χ2n) is 3.15. The fourth-order valence-electron chi connectivity index (χ4n) is 1.58. The maximum absolute atomic E-state index is 5.32. The van der Waals surface area contributed by atoms with Gasteiger partial charge in [0, 0.05) is 6.20 Å². The van der Waals surface area contributed by atoms with Gasteiger partial charge in [0.1, 0.15) is 5.52 Å². The summed E-state index contributed by atoms with van der Waals surface area (Å²) in [6, 6.07) is 3.72. The van der Waals surface area contributed by atoms with Crippen molar-refractivity contribution < 1.29 is 9.47 Å². The summed E-state index contributed by atoms with van der Waals surface area (Å²) in [5, 5.41) is 0. The van der Waals surface area contributed by atoms with E-state index in [9.17, 15) is 0 Å². The van der Waals surface area contributed by atoms with Crippen LogP contribution in [0, 0.1) is 6.92 Å². The molecule has 2 heterocycles. The molecule has 0 unspecified atom stereocenters. The molecule has 0 amide bonds. The van der Waals surface area contributed by atoms with E-state index in [1.165, 1.54) is 0 Å². The molecule has 0 saturated heterocycles. The first kappa shape index (κ1) is 9.71. The average molecular weight is 204 g/mol. The van der Waals surface area contributed by atoms with Gasteiger partial charge in [-0.1, -0.05) is 0 Å². The third kappa shape index (κ3) is 1.48. The molecule has 0 bridgehead atoms. The molecule has 4 heteroatoms. The van der Waals surface area contributed by atoms with E-state index in [4.69, 9.17) is 9.47 Å². The van der Waals surface area contributed by atoms with Crippen molar-refractivity contribution in [2.24, 2.45) is 0 Å². The van der Waals surface area contributed by atoms with Gasteiger partial charge in [-0.15, -0.1) is 0 Å². The van der Waals surface area contributed by atoms with Gasteiger partial charge < -0.3 is 9.47 Å². The van der Waals surface area contributed by atoms with Crippen molar-refractivity contribution in [1.29, 1.82) is 0 Å². The minimum atomic E-state index is 0.576. The predicted molar refractivity (Wildman–Crippen MR) is 57.4 cm³/mol. The number of nitrogens with zero attached hydrogens (tertiary/aromatic N) is 2. The zero-order valence-corrected chi connectivity index (χ0v) is 8.94. The van der Waals surface area contributed by atoms with Crippen molar-refractivity contribution in [3.63, 3.8) is 0 Å². The molecule has 0 atom stereocenters. The van der Waals surface area contributed by atoms with Crippen LogP contribution >= 0.6 is 0 Å². The van der Waals surface area contributed by atoms with Crippen molar-refractivity contribution in [3.8, 4) is 11.6 Å². The second kappa shape index (κ2) is 3.73. The van der Waals surface area contributed by atoms with Crippen LogP contribution in [0.5, 0.6) is 11.6 Å². The van der Waals surface area contributed by atoms with Crippen molar-refractivity contribution >= 4 is 11.0 Å². The smallest absolute Gasteiger partial charge is 0.220 e. The highest BCUT2D eigenvalue weighted by atomic mass is 16.5. The topological polar surface area (TPSA) is 44.2 Å². The molecule has 15 heavy (non-hydrogen) atoms. The summed E-state index contributed by atoms with van der Waals surface area (Å²) in [5.41, 5.74) is 2.40. The number of pyridine rings is 2. The first-order valence-corrected chi connectivity index (χ1v) is 4.61. The van der Waals surface area contributed by atoms with Crippen LogP contribution in [0.15, 0.2) is 18.3 Å². The van der Waals surface area contributed by atoms with Gasteiger partial charge in [-0.2, -0.15) is 0 Å². The molecule has 0 saturated carbocycles. The lowest BCUT2D eigenvalue weighted by atomic mass is 10.2. The third-order valence-electron chi connectivity index (χ3n) is 2.28. The van der Waals surface area contributed by atoms with Crippen LogP contribution in [0.25, 0.3) is 11.0 Å². The lowest BCUT2D eigenvalue weighted by Gasteiger charge is -2.10. The molecule has 0 aliphatic rings. The van der Waals surface area contributed by atoms with Crippen LogP contribution < -0.4 is 9.47 Å². The van der Waals surface area contributed by atoms with Crippen LogP contribution in [0.2, 0.25) is 0 Å². The second-order valence-corrected chi connectivity index (χ2v) is 3.15. The van der Waals surface area contributed by atoms with Gasteiger partial charge in [-0.25, -0.2) is 4.98 Å². The first-order valence-electron chi connectivity index (χ1n) is 4.61. The predicted octanol–water partition coefficient (Wildman–Crippen LogP) is 1.96. The number of hydrogen-bond acceptors (Lipinski definition) is 4. The number of hydrogen-bond donors (Lipinski definition) is 0. The van der Waals surface area contributed by atoms with Crippen LogP contribution in [0.1, 0.15) is 5.56 Å². The normalized spacial score (nSPS) is 10.3. The number of ether oxygens (including phenoxy) is 2. The van der Waals surface area contributed by atoms with Gasteiger partial charge in [-0.05, 0) is 19.1 Å². The number of methoxy groups -OCH3 is 2. The molecule has 0 spiro atoms. The van der Waals surface area contributed by atoms with E-state index < -0.39 is 0 Å². The summed E-state index contributed by atoms with van der Waals surface area (Å²) in [5.74, 6) is 1.30. The van der Waals surface area contributed by atoms with Crippen molar-refractivity contribution in [3.05, 3.63) is 23.9 Å². The molecular formula is C11H12N2O2. The van der Waals surface area contributed by atoms with E-state index in [1.54, 1.807) is 20.4 Å². The summed E-state index contributed by atoms with van der Waals surface area (Å²) in [6.45, 7) is 1.90. The first-order chi connectivity index (χ1) is 7.27. The Bertz CT molecular complexity index is 497. The monoisotopic (exact) mass is 204 g/mol. The van der Waals surface area contributed by atoms with E-state index in [0.29, 0.717) is 5.88 Å². The van der Waals surface area contributed by atoms with Crippen LogP contribution in [-0.2, 0) is 0 Å². The Labute approximate surface area is 87.9 Å². The minimum Gasteiger partial charge on any atom is -0.494 e. The van der Waals surface area contributed by atoms with E-state index in [1.807, 2.05) is 19.1 Å². The standard InChI is InChI=1S/C11H12N2O2/c1-7-10(14-2)9-8(5-4-6-12-9)13-11(7)15-3/h4-6H,1-3H3. The lowest BCUT2D eigenvalue weighted by molar-refractivity contribution is 0.380. The van der Waals surface area contributed by atoms with Crippen LogP contribution in [-0.4, -0.2) is 24.2 Å². The Kier molecular flexibility index (Phi) is 2.41. The quantitative estimate of drug-likeness (QED) is 0.750. The summed E-state index contributed by atoms with van der Waals surface area (Å²) in [4.78, 5) is 8.58. The highest BCUT2D eigenvalue weighted by molar-refractivity contribution is 5.83. The molecule has 78 valence electrons. The van der Waals surface area contributed by atoms with E-state index in [2.05, 4.69) is 9.97 Å². The van der Waals surface area contributed by atoms with Gasteiger partial charge in [0.2, 0.25) is 5.88 Å². The SMILES string of the molecule is COc1nc2cccnc2c(OC)c1C. The third-order valence-corrected chi connectivity index (χ3v) is 2.28. The van der Waals surface area contributed by atoms with Crippen molar-refractivity contribution in [1.82, 2.24) is 9.97 Å². The van der Waals surface area contributed by atoms with E-state index in [0.717, 1.165) is 22.3 Å². The molecule has 4 nitrogen and oxygen atoms in total. The molecule has 0 radical (unpaired) electrons. The largest absolute Gasteiger partial charge is 0.494 e.